The van der Waals surface area contributed by atoms with Crippen molar-refractivity contribution in [1.82, 2.24) is 4.90 Å². The van der Waals surface area contributed by atoms with E-state index >= 15 is 0 Å². The van der Waals surface area contributed by atoms with Gasteiger partial charge in [0.25, 0.3) is 0 Å². The molecule has 1 rings (SSSR count). The summed E-state index contributed by atoms with van der Waals surface area (Å²) in [5, 5.41) is 18.1. The number of rotatable bonds is 2. The van der Waals surface area contributed by atoms with E-state index in [-0.39, 0.29) is 6.04 Å². The fourth-order valence-electron chi connectivity index (χ4n) is 1.29. The van der Waals surface area contributed by atoms with E-state index in [1.807, 2.05) is 18.7 Å². The first kappa shape index (κ1) is 8.51. The molecule has 0 aromatic carbocycles. The van der Waals surface area contributed by atoms with Crippen LogP contribution in [0, 0.1) is 11.3 Å². The van der Waals surface area contributed by atoms with E-state index < -0.39 is 5.60 Å². The van der Waals surface area contributed by atoms with E-state index in [9.17, 15) is 5.11 Å². The molecule has 62 valence electrons. The molecule has 0 aliphatic carbocycles. The number of hydrogen-bond acceptors (Lipinski definition) is 3. The summed E-state index contributed by atoms with van der Waals surface area (Å²) in [5.41, 5.74) is -0.509. The third-order valence-corrected chi connectivity index (χ3v) is 2.39. The number of aliphatic hydroxyl groups is 1. The van der Waals surface area contributed by atoms with E-state index in [1.54, 1.807) is 0 Å². The summed E-state index contributed by atoms with van der Waals surface area (Å²) in [4.78, 5) is 1.98. The topological polar surface area (TPSA) is 47.3 Å². The molecule has 1 heterocycles. The quantitative estimate of drug-likeness (QED) is 0.624. The first-order valence-electron chi connectivity index (χ1n) is 3.97. The van der Waals surface area contributed by atoms with Gasteiger partial charge in [0.1, 0.15) is 0 Å². The Bertz CT molecular complexity index is 179. The van der Waals surface area contributed by atoms with Crippen LogP contribution in [0.2, 0.25) is 0 Å². The maximum absolute atomic E-state index is 9.58. The molecule has 1 fully saturated rings. The Kier molecular flexibility index (Phi) is 2.17. The molecule has 11 heavy (non-hydrogen) atoms. The molecule has 0 saturated carbocycles. The molecule has 0 aromatic heterocycles. The molecule has 3 nitrogen and oxygen atoms in total. The van der Waals surface area contributed by atoms with Crippen LogP contribution in [0.3, 0.4) is 0 Å². The molecule has 1 N–H and O–H groups in total. The van der Waals surface area contributed by atoms with Gasteiger partial charge in [0.2, 0.25) is 0 Å². The summed E-state index contributed by atoms with van der Waals surface area (Å²) in [6.45, 7) is 5.13. The summed E-state index contributed by atoms with van der Waals surface area (Å²) < 4.78 is 0. The predicted molar refractivity (Wildman–Crippen MR) is 41.9 cm³/mol. The van der Waals surface area contributed by atoms with Gasteiger partial charge in [0.15, 0.2) is 0 Å². The third kappa shape index (κ3) is 1.52. The second-order valence-electron chi connectivity index (χ2n) is 3.29. The average molecular weight is 154 g/mol. The molecule has 0 radical (unpaired) electrons. The number of nitriles is 1. The van der Waals surface area contributed by atoms with Crippen molar-refractivity contribution in [3.63, 3.8) is 0 Å². The van der Waals surface area contributed by atoms with E-state index in [0.717, 1.165) is 6.42 Å². The Morgan fingerprint density at radius 3 is 2.64 bits per heavy atom. The van der Waals surface area contributed by atoms with Gasteiger partial charge in [-0.05, 0) is 13.3 Å². The number of nitrogens with zero attached hydrogens (tertiary/aromatic N) is 2. The number of β-amino-alcohol motifs (C(OH)–C–C–N with tert-alkyl or cyclic N) is 1. The van der Waals surface area contributed by atoms with E-state index in [4.69, 9.17) is 5.26 Å². The fraction of sp³-hybridized carbons (Fsp3) is 0.875. The lowest BCUT2D eigenvalue weighted by Crippen LogP contribution is -2.63. The molecule has 0 bridgehead atoms. The van der Waals surface area contributed by atoms with Gasteiger partial charge in [-0.3, -0.25) is 4.90 Å². The summed E-state index contributed by atoms with van der Waals surface area (Å²) in [5.74, 6) is 0. The Hall–Kier alpha value is -0.590. The van der Waals surface area contributed by atoms with Crippen LogP contribution in [0.5, 0.6) is 0 Å². The van der Waals surface area contributed by atoms with Crippen molar-refractivity contribution in [3.8, 4) is 6.07 Å². The van der Waals surface area contributed by atoms with Gasteiger partial charge in [0.05, 0.1) is 17.7 Å². The minimum atomic E-state index is -0.509. The lowest BCUT2D eigenvalue weighted by molar-refractivity contribution is -0.106. The number of likely N-dealkylation sites (tertiary alicyclic amines) is 1. The van der Waals surface area contributed by atoms with Gasteiger partial charge in [-0.2, -0.15) is 5.26 Å². The fourth-order valence-corrected chi connectivity index (χ4v) is 1.29. The maximum Gasteiger partial charge on any atom is 0.0951 e. The highest BCUT2D eigenvalue weighted by Gasteiger charge is 2.41. The van der Waals surface area contributed by atoms with Gasteiger partial charge < -0.3 is 5.11 Å². The first-order chi connectivity index (χ1) is 5.11. The van der Waals surface area contributed by atoms with E-state index in [1.165, 1.54) is 0 Å². The van der Waals surface area contributed by atoms with Crippen LogP contribution < -0.4 is 0 Å². The minimum absolute atomic E-state index is 0.0539. The minimum Gasteiger partial charge on any atom is -0.387 e. The lowest BCUT2D eigenvalue weighted by atomic mass is 9.90. The molecule has 1 aliphatic rings. The SMILES string of the molecule is CCC1(O)CN(C(C)C#N)C1. The Balaban J connectivity index is 2.35. The van der Waals surface area contributed by atoms with Gasteiger partial charge >= 0.3 is 0 Å². The van der Waals surface area contributed by atoms with Crippen LogP contribution in [-0.2, 0) is 0 Å². The molecule has 0 aromatic rings. The standard InChI is InChI=1S/C8H14N2O/c1-3-8(11)5-10(6-8)7(2)4-9/h7,11H,3,5-6H2,1-2H3. The van der Waals surface area contributed by atoms with Gasteiger partial charge in [-0.1, -0.05) is 6.92 Å². The molecule has 1 atom stereocenters. The molecular formula is C8H14N2O. The van der Waals surface area contributed by atoms with Crippen LogP contribution in [0.4, 0.5) is 0 Å². The Labute approximate surface area is 67.2 Å². The van der Waals surface area contributed by atoms with E-state index in [0.29, 0.717) is 13.1 Å². The van der Waals surface area contributed by atoms with Crippen molar-refractivity contribution in [3.05, 3.63) is 0 Å². The highest BCUT2D eigenvalue weighted by molar-refractivity contribution is 5.01. The summed E-state index contributed by atoms with van der Waals surface area (Å²) >= 11 is 0. The third-order valence-electron chi connectivity index (χ3n) is 2.39. The summed E-state index contributed by atoms with van der Waals surface area (Å²) in [6.07, 6.45) is 0.779. The molecule has 1 aliphatic heterocycles. The van der Waals surface area contributed by atoms with Crippen LogP contribution >= 0.6 is 0 Å². The van der Waals surface area contributed by atoms with Crippen LogP contribution in [0.1, 0.15) is 20.3 Å². The van der Waals surface area contributed by atoms with Crippen molar-refractivity contribution in [2.75, 3.05) is 13.1 Å². The van der Waals surface area contributed by atoms with Crippen molar-refractivity contribution >= 4 is 0 Å². The second kappa shape index (κ2) is 2.80. The van der Waals surface area contributed by atoms with Gasteiger partial charge in [0, 0.05) is 13.1 Å². The van der Waals surface area contributed by atoms with Crippen molar-refractivity contribution in [2.45, 2.75) is 31.9 Å². The normalized spacial score (nSPS) is 25.3. The molecule has 3 heteroatoms. The summed E-state index contributed by atoms with van der Waals surface area (Å²) in [6, 6.07) is 2.09. The molecule has 0 amide bonds. The summed E-state index contributed by atoms with van der Waals surface area (Å²) in [7, 11) is 0. The van der Waals surface area contributed by atoms with E-state index in [2.05, 4.69) is 6.07 Å². The lowest BCUT2D eigenvalue weighted by Gasteiger charge is -2.47. The zero-order valence-electron chi connectivity index (χ0n) is 7.04. The zero-order chi connectivity index (χ0) is 8.48. The average Bonchev–Trinajstić information content (AvgIpc) is 1.97. The first-order valence-corrected chi connectivity index (χ1v) is 3.97. The smallest absolute Gasteiger partial charge is 0.0951 e. The zero-order valence-corrected chi connectivity index (χ0v) is 7.04. The predicted octanol–water partition coefficient (Wildman–Crippen LogP) is 0.355. The monoisotopic (exact) mass is 154 g/mol. The highest BCUT2D eigenvalue weighted by atomic mass is 16.3. The van der Waals surface area contributed by atoms with Crippen LogP contribution in [-0.4, -0.2) is 34.7 Å². The van der Waals surface area contributed by atoms with Crippen molar-refractivity contribution in [1.29, 1.82) is 5.26 Å². The largest absolute Gasteiger partial charge is 0.387 e. The Morgan fingerprint density at radius 2 is 2.27 bits per heavy atom. The molecule has 1 unspecified atom stereocenters. The van der Waals surface area contributed by atoms with Gasteiger partial charge in [-0.25, -0.2) is 0 Å². The van der Waals surface area contributed by atoms with Crippen molar-refractivity contribution in [2.24, 2.45) is 0 Å². The Morgan fingerprint density at radius 1 is 1.73 bits per heavy atom. The second-order valence-corrected chi connectivity index (χ2v) is 3.29. The molecule has 0 spiro atoms. The highest BCUT2D eigenvalue weighted by Crippen LogP contribution is 2.25. The van der Waals surface area contributed by atoms with Gasteiger partial charge in [-0.15, -0.1) is 0 Å². The van der Waals surface area contributed by atoms with Crippen molar-refractivity contribution < 1.29 is 5.11 Å². The number of hydrogen-bond donors (Lipinski definition) is 1. The molecular weight excluding hydrogens is 140 g/mol. The van der Waals surface area contributed by atoms with Crippen LogP contribution in [0.15, 0.2) is 0 Å². The molecule has 1 saturated heterocycles. The van der Waals surface area contributed by atoms with Crippen LogP contribution in [0.25, 0.3) is 0 Å². The maximum atomic E-state index is 9.58.